The Morgan fingerprint density at radius 3 is 1.32 bits per heavy atom. The lowest BCUT2D eigenvalue weighted by atomic mass is 10.0. The number of nitrogens with zero attached hydrogens (tertiary/aromatic N) is 3. The molecule has 3 nitrogen and oxygen atoms in total. The minimum atomic E-state index is 1.12. The summed E-state index contributed by atoms with van der Waals surface area (Å²) < 4.78 is 4.71. The molecule has 0 aliphatic rings. The standard InChI is InChI=1S/C41H27N3/c1-2-8-28(9-3-1)29-14-18-32(19-15-29)43-38-12-6-4-10-34(38)36-26-30(16-20-40(36)43)31-17-21-41-37(27-31)35-11-5-7-13-39(35)44(41)33-22-24-42-25-23-33/h1-27H. The Morgan fingerprint density at radius 1 is 0.318 bits per heavy atom. The van der Waals surface area contributed by atoms with Gasteiger partial charge in [0.05, 0.1) is 22.1 Å². The predicted molar refractivity (Wildman–Crippen MR) is 184 cm³/mol. The number of para-hydroxylation sites is 2. The second-order valence-corrected chi connectivity index (χ2v) is 11.3. The van der Waals surface area contributed by atoms with Gasteiger partial charge >= 0.3 is 0 Å². The first kappa shape index (κ1) is 24.6. The fourth-order valence-electron chi connectivity index (χ4n) is 6.79. The van der Waals surface area contributed by atoms with E-state index in [1.807, 2.05) is 12.4 Å². The molecule has 3 aromatic heterocycles. The number of fused-ring (bicyclic) bond motifs is 6. The molecule has 0 aliphatic heterocycles. The molecule has 0 unspecified atom stereocenters. The zero-order valence-corrected chi connectivity index (χ0v) is 23.9. The van der Waals surface area contributed by atoms with Crippen LogP contribution in [0.1, 0.15) is 0 Å². The molecule has 0 radical (unpaired) electrons. The molecule has 0 aliphatic carbocycles. The molecule has 9 aromatic rings. The minimum absolute atomic E-state index is 1.12. The van der Waals surface area contributed by atoms with E-state index in [1.54, 1.807) is 0 Å². The van der Waals surface area contributed by atoms with Gasteiger partial charge in [-0.15, -0.1) is 0 Å². The van der Waals surface area contributed by atoms with Gasteiger partial charge in [-0.3, -0.25) is 4.98 Å². The van der Waals surface area contributed by atoms with Crippen LogP contribution in [0.5, 0.6) is 0 Å². The van der Waals surface area contributed by atoms with E-state index < -0.39 is 0 Å². The van der Waals surface area contributed by atoms with Gasteiger partial charge in [0.2, 0.25) is 0 Å². The number of benzene rings is 6. The predicted octanol–water partition coefficient (Wildman–Crippen LogP) is 10.6. The maximum atomic E-state index is 4.24. The van der Waals surface area contributed by atoms with E-state index in [2.05, 4.69) is 166 Å². The molecule has 0 saturated carbocycles. The monoisotopic (exact) mass is 561 g/mol. The lowest BCUT2D eigenvalue weighted by Crippen LogP contribution is -1.94. The van der Waals surface area contributed by atoms with E-state index in [4.69, 9.17) is 0 Å². The zero-order valence-electron chi connectivity index (χ0n) is 23.9. The van der Waals surface area contributed by atoms with Gasteiger partial charge in [-0.25, -0.2) is 0 Å². The second-order valence-electron chi connectivity index (χ2n) is 11.3. The second kappa shape index (κ2) is 9.82. The van der Waals surface area contributed by atoms with Crippen molar-refractivity contribution >= 4 is 43.6 Å². The Kier molecular flexibility index (Phi) is 5.50. The van der Waals surface area contributed by atoms with Crippen LogP contribution in [0.4, 0.5) is 0 Å². The summed E-state index contributed by atoms with van der Waals surface area (Å²) in [7, 11) is 0. The van der Waals surface area contributed by atoms with Crippen LogP contribution in [0.3, 0.4) is 0 Å². The minimum Gasteiger partial charge on any atom is -0.309 e. The van der Waals surface area contributed by atoms with Crippen molar-refractivity contribution < 1.29 is 0 Å². The fourth-order valence-corrected chi connectivity index (χ4v) is 6.79. The summed E-state index contributed by atoms with van der Waals surface area (Å²) >= 11 is 0. The van der Waals surface area contributed by atoms with Crippen LogP contribution in [0, 0.1) is 0 Å². The summed E-state index contributed by atoms with van der Waals surface area (Å²) in [5.41, 5.74) is 12.0. The van der Waals surface area contributed by atoms with E-state index in [0.717, 1.165) is 11.4 Å². The Labute approximate surface area is 254 Å². The molecule has 206 valence electrons. The highest BCUT2D eigenvalue weighted by molar-refractivity contribution is 6.12. The van der Waals surface area contributed by atoms with Crippen LogP contribution >= 0.6 is 0 Å². The number of hydrogen-bond acceptors (Lipinski definition) is 1. The largest absolute Gasteiger partial charge is 0.309 e. The molecule has 0 bridgehead atoms. The quantitative estimate of drug-likeness (QED) is 0.210. The molecular weight excluding hydrogens is 534 g/mol. The van der Waals surface area contributed by atoms with E-state index in [9.17, 15) is 0 Å². The van der Waals surface area contributed by atoms with Crippen LogP contribution < -0.4 is 0 Å². The van der Waals surface area contributed by atoms with Gasteiger partial charge in [0.1, 0.15) is 0 Å². The first-order chi connectivity index (χ1) is 21.8. The normalized spacial score (nSPS) is 11.6. The third-order valence-electron chi connectivity index (χ3n) is 8.83. The smallest absolute Gasteiger partial charge is 0.0541 e. The summed E-state index contributed by atoms with van der Waals surface area (Å²) in [4.78, 5) is 4.24. The van der Waals surface area contributed by atoms with Crippen molar-refractivity contribution in [1.82, 2.24) is 14.1 Å². The van der Waals surface area contributed by atoms with Crippen molar-refractivity contribution in [2.75, 3.05) is 0 Å². The molecule has 0 amide bonds. The average molecular weight is 562 g/mol. The highest BCUT2D eigenvalue weighted by Gasteiger charge is 2.16. The van der Waals surface area contributed by atoms with Crippen LogP contribution in [-0.2, 0) is 0 Å². The molecule has 0 fully saturated rings. The van der Waals surface area contributed by atoms with Gasteiger partial charge in [-0.1, -0.05) is 91.0 Å². The first-order valence-electron chi connectivity index (χ1n) is 15.0. The topological polar surface area (TPSA) is 22.8 Å². The van der Waals surface area contributed by atoms with Crippen molar-refractivity contribution in [3.8, 4) is 33.6 Å². The number of aromatic nitrogens is 3. The summed E-state index contributed by atoms with van der Waals surface area (Å²) in [6.07, 6.45) is 3.71. The van der Waals surface area contributed by atoms with Crippen molar-refractivity contribution in [3.63, 3.8) is 0 Å². The van der Waals surface area contributed by atoms with Crippen LogP contribution in [-0.4, -0.2) is 14.1 Å². The summed E-state index contributed by atoms with van der Waals surface area (Å²) in [6.45, 7) is 0. The maximum Gasteiger partial charge on any atom is 0.0541 e. The Hall–Kier alpha value is -5.93. The molecule has 0 N–H and O–H groups in total. The number of rotatable bonds is 4. The third kappa shape index (κ3) is 3.80. The van der Waals surface area contributed by atoms with Gasteiger partial charge in [0.15, 0.2) is 0 Å². The lowest BCUT2D eigenvalue weighted by molar-refractivity contribution is 1.16. The lowest BCUT2D eigenvalue weighted by Gasteiger charge is -2.10. The summed E-state index contributed by atoms with van der Waals surface area (Å²) in [5, 5.41) is 5.00. The fraction of sp³-hybridized carbons (Fsp3) is 0. The number of pyridine rings is 1. The highest BCUT2D eigenvalue weighted by Crippen LogP contribution is 2.38. The van der Waals surface area contributed by atoms with Crippen molar-refractivity contribution in [2.45, 2.75) is 0 Å². The van der Waals surface area contributed by atoms with Crippen LogP contribution in [0.2, 0.25) is 0 Å². The molecule has 9 rings (SSSR count). The van der Waals surface area contributed by atoms with Crippen LogP contribution in [0.15, 0.2) is 164 Å². The van der Waals surface area contributed by atoms with Gasteiger partial charge in [0, 0.05) is 45.3 Å². The van der Waals surface area contributed by atoms with Crippen molar-refractivity contribution in [1.29, 1.82) is 0 Å². The van der Waals surface area contributed by atoms with Gasteiger partial charge in [-0.05, 0) is 82.9 Å². The van der Waals surface area contributed by atoms with E-state index in [1.165, 1.54) is 65.9 Å². The third-order valence-corrected chi connectivity index (χ3v) is 8.83. The zero-order chi connectivity index (χ0) is 29.0. The van der Waals surface area contributed by atoms with Crippen molar-refractivity contribution in [2.24, 2.45) is 0 Å². The molecule has 0 atom stereocenters. The molecular formula is C41H27N3. The van der Waals surface area contributed by atoms with Crippen molar-refractivity contribution in [3.05, 3.63) is 164 Å². The van der Waals surface area contributed by atoms with Gasteiger partial charge in [-0.2, -0.15) is 0 Å². The van der Waals surface area contributed by atoms with E-state index in [0.29, 0.717) is 0 Å². The molecule has 44 heavy (non-hydrogen) atoms. The Bertz CT molecular complexity index is 2470. The number of hydrogen-bond donors (Lipinski definition) is 0. The van der Waals surface area contributed by atoms with Gasteiger partial charge < -0.3 is 9.13 Å². The van der Waals surface area contributed by atoms with E-state index in [-0.39, 0.29) is 0 Å². The Morgan fingerprint density at radius 2 is 0.750 bits per heavy atom. The first-order valence-corrected chi connectivity index (χ1v) is 15.0. The summed E-state index contributed by atoms with van der Waals surface area (Å²) in [5.74, 6) is 0. The maximum absolute atomic E-state index is 4.24. The van der Waals surface area contributed by atoms with E-state index >= 15 is 0 Å². The Balaban J connectivity index is 1.20. The SMILES string of the molecule is c1ccc(-c2ccc(-n3c4ccccc4c4cc(-c5ccc6c(c5)c5ccccc5n6-c5ccncc5)ccc43)cc2)cc1. The van der Waals surface area contributed by atoms with Gasteiger partial charge in [0.25, 0.3) is 0 Å². The molecule has 6 aromatic carbocycles. The summed E-state index contributed by atoms with van der Waals surface area (Å²) in [6, 6.07) is 54.7. The highest BCUT2D eigenvalue weighted by atomic mass is 15.0. The molecule has 0 saturated heterocycles. The molecule has 0 spiro atoms. The molecule has 3 heterocycles. The average Bonchev–Trinajstić information content (AvgIpc) is 3.61. The molecule has 3 heteroatoms. The van der Waals surface area contributed by atoms with Crippen LogP contribution in [0.25, 0.3) is 77.2 Å².